The molecule has 0 N–H and O–H groups in total. The Hall–Kier alpha value is -1.02. The summed E-state index contributed by atoms with van der Waals surface area (Å²) in [5, 5.41) is 0. The van der Waals surface area contributed by atoms with E-state index >= 15 is 0 Å². The lowest BCUT2D eigenvalue weighted by Crippen LogP contribution is -2.01. The highest BCUT2D eigenvalue weighted by molar-refractivity contribution is 7.25. The Morgan fingerprint density at radius 3 is 2.28 bits per heavy atom. The van der Waals surface area contributed by atoms with Gasteiger partial charge in [0.25, 0.3) is 0 Å². The maximum absolute atomic E-state index is 11.0. The SMILES string of the molecule is C=CC(=O)OCCCCCCCCC(=O)CP=O. The lowest BCUT2D eigenvalue weighted by Gasteiger charge is -2.02. The van der Waals surface area contributed by atoms with Crippen LogP contribution in [0.25, 0.3) is 0 Å². The second kappa shape index (κ2) is 12.4. The summed E-state index contributed by atoms with van der Waals surface area (Å²) < 4.78 is 15.0. The average Bonchev–Trinajstić information content (AvgIpc) is 2.36. The molecule has 0 radical (unpaired) electrons. The van der Waals surface area contributed by atoms with Crippen LogP contribution in [0.15, 0.2) is 12.7 Å². The largest absolute Gasteiger partial charge is 0.463 e. The van der Waals surface area contributed by atoms with Gasteiger partial charge < -0.3 is 4.74 Å². The summed E-state index contributed by atoms with van der Waals surface area (Å²) in [6, 6.07) is 0. The molecule has 5 heteroatoms. The van der Waals surface area contributed by atoms with Crippen LogP contribution in [-0.4, -0.2) is 24.5 Å². The molecule has 0 fully saturated rings. The molecule has 4 nitrogen and oxygen atoms in total. The van der Waals surface area contributed by atoms with Gasteiger partial charge in [0.05, 0.1) is 12.8 Å². The Kier molecular flexibility index (Phi) is 11.7. The Labute approximate surface area is 110 Å². The second-order valence-electron chi connectivity index (χ2n) is 4.07. The standard InChI is InChI=1S/C13H21O4P/c1-2-13(15)17-10-8-6-4-3-5-7-9-12(14)11-18-16/h2H,1,3-11H2. The maximum Gasteiger partial charge on any atom is 0.330 e. The molecule has 0 aromatic heterocycles. The fraction of sp³-hybridized carbons (Fsp3) is 0.692. The van der Waals surface area contributed by atoms with E-state index in [0.717, 1.165) is 38.5 Å². The van der Waals surface area contributed by atoms with Crippen LogP contribution in [0.1, 0.15) is 44.9 Å². The molecule has 0 unspecified atom stereocenters. The normalized spacial score (nSPS) is 10.2. The molecule has 0 aromatic carbocycles. The van der Waals surface area contributed by atoms with Crippen molar-refractivity contribution in [2.45, 2.75) is 44.9 Å². The van der Waals surface area contributed by atoms with Crippen LogP contribution in [0.3, 0.4) is 0 Å². The molecule has 0 spiro atoms. The van der Waals surface area contributed by atoms with E-state index < -0.39 is 0 Å². The molecular formula is C13H21O4P. The molecule has 0 saturated heterocycles. The Bertz CT molecular complexity index is 276. The number of esters is 1. The first-order valence-corrected chi connectivity index (χ1v) is 7.30. The predicted molar refractivity (Wildman–Crippen MR) is 71.0 cm³/mol. The summed E-state index contributed by atoms with van der Waals surface area (Å²) in [7, 11) is -0.0785. The summed E-state index contributed by atoms with van der Waals surface area (Å²) in [5.74, 6) is -0.297. The van der Waals surface area contributed by atoms with Crippen LogP contribution >= 0.6 is 8.46 Å². The number of hydrogen-bond donors (Lipinski definition) is 0. The monoisotopic (exact) mass is 272 g/mol. The van der Waals surface area contributed by atoms with Crippen LogP contribution < -0.4 is 0 Å². The van der Waals surface area contributed by atoms with Gasteiger partial charge in [-0.05, 0) is 12.8 Å². The summed E-state index contributed by atoms with van der Waals surface area (Å²) in [4.78, 5) is 21.8. The first-order valence-electron chi connectivity index (χ1n) is 6.30. The smallest absolute Gasteiger partial charge is 0.330 e. The topological polar surface area (TPSA) is 60.4 Å². The molecule has 18 heavy (non-hydrogen) atoms. The van der Waals surface area contributed by atoms with Gasteiger partial charge >= 0.3 is 5.97 Å². The Morgan fingerprint density at radius 2 is 1.67 bits per heavy atom. The second-order valence-corrected chi connectivity index (χ2v) is 4.64. The third kappa shape index (κ3) is 11.5. The average molecular weight is 272 g/mol. The first kappa shape index (κ1) is 17.0. The highest BCUT2D eigenvalue weighted by Gasteiger charge is 2.00. The number of hydrogen-bond acceptors (Lipinski definition) is 4. The van der Waals surface area contributed by atoms with E-state index in [4.69, 9.17) is 4.74 Å². The molecular weight excluding hydrogens is 251 g/mol. The number of rotatable bonds is 12. The third-order valence-corrected chi connectivity index (χ3v) is 2.98. The van der Waals surface area contributed by atoms with Crippen molar-refractivity contribution in [2.24, 2.45) is 0 Å². The van der Waals surface area contributed by atoms with Crippen molar-refractivity contribution in [3.8, 4) is 0 Å². The molecule has 102 valence electrons. The third-order valence-electron chi connectivity index (χ3n) is 2.50. The number of carbonyl (C=O) groups excluding carboxylic acids is 2. The molecule has 0 aromatic rings. The molecule has 0 aliphatic carbocycles. The van der Waals surface area contributed by atoms with Crippen LogP contribution in [0.4, 0.5) is 0 Å². The van der Waals surface area contributed by atoms with E-state index in [9.17, 15) is 14.2 Å². The zero-order valence-electron chi connectivity index (χ0n) is 10.7. The fourth-order valence-corrected chi connectivity index (χ4v) is 1.82. The van der Waals surface area contributed by atoms with Gasteiger partial charge in [0.15, 0.2) is 8.46 Å². The molecule has 0 amide bonds. The lowest BCUT2D eigenvalue weighted by atomic mass is 10.1. The summed E-state index contributed by atoms with van der Waals surface area (Å²) in [5.41, 5.74) is 0. The number of carbonyl (C=O) groups is 2. The number of ether oxygens (including phenoxy) is 1. The molecule has 0 saturated carbocycles. The quantitative estimate of drug-likeness (QED) is 0.237. The van der Waals surface area contributed by atoms with Gasteiger partial charge in [0, 0.05) is 12.5 Å². The van der Waals surface area contributed by atoms with Gasteiger partial charge in [-0.1, -0.05) is 32.3 Å². The van der Waals surface area contributed by atoms with Crippen molar-refractivity contribution in [3.05, 3.63) is 12.7 Å². The van der Waals surface area contributed by atoms with Gasteiger partial charge in [0.2, 0.25) is 0 Å². The molecule has 0 atom stereocenters. The van der Waals surface area contributed by atoms with Crippen molar-refractivity contribution in [1.82, 2.24) is 0 Å². The van der Waals surface area contributed by atoms with Crippen LogP contribution in [0, 0.1) is 0 Å². The minimum absolute atomic E-state index is 0.0722. The van der Waals surface area contributed by atoms with E-state index in [1.165, 1.54) is 6.08 Å². The van der Waals surface area contributed by atoms with Gasteiger partial charge in [-0.2, -0.15) is 0 Å². The van der Waals surface area contributed by atoms with Gasteiger partial charge in [-0.25, -0.2) is 4.79 Å². The van der Waals surface area contributed by atoms with Gasteiger partial charge in [0.1, 0.15) is 5.78 Å². The molecule has 0 aliphatic rings. The van der Waals surface area contributed by atoms with Crippen molar-refractivity contribution in [1.29, 1.82) is 0 Å². The maximum atomic E-state index is 11.0. The number of ketones is 1. The molecule has 0 bridgehead atoms. The van der Waals surface area contributed by atoms with Crippen molar-refractivity contribution >= 4 is 20.2 Å². The van der Waals surface area contributed by atoms with Crippen molar-refractivity contribution in [2.75, 3.05) is 12.8 Å². The molecule has 0 rings (SSSR count). The zero-order valence-corrected chi connectivity index (χ0v) is 11.6. The Morgan fingerprint density at radius 1 is 1.06 bits per heavy atom. The van der Waals surface area contributed by atoms with E-state index in [1.54, 1.807) is 0 Å². The first-order chi connectivity index (χ1) is 8.70. The highest BCUT2D eigenvalue weighted by Crippen LogP contribution is 2.08. The zero-order chi connectivity index (χ0) is 13.6. The summed E-state index contributed by atoms with van der Waals surface area (Å²) >= 11 is 0. The number of unbranched alkanes of at least 4 members (excludes halogenated alkanes) is 5. The van der Waals surface area contributed by atoms with E-state index in [-0.39, 0.29) is 26.4 Å². The van der Waals surface area contributed by atoms with E-state index in [2.05, 4.69) is 6.58 Å². The van der Waals surface area contributed by atoms with Gasteiger partial charge in [-0.15, -0.1) is 0 Å². The number of Topliss-reactive ketones (excluding diaryl/α,β-unsaturated/α-hetero) is 1. The van der Waals surface area contributed by atoms with Crippen molar-refractivity contribution < 1.29 is 18.9 Å². The molecule has 0 heterocycles. The van der Waals surface area contributed by atoms with Crippen LogP contribution in [0.5, 0.6) is 0 Å². The van der Waals surface area contributed by atoms with Gasteiger partial charge in [-0.3, -0.25) is 9.36 Å². The minimum Gasteiger partial charge on any atom is -0.463 e. The highest BCUT2D eigenvalue weighted by atomic mass is 31.1. The van der Waals surface area contributed by atoms with Crippen molar-refractivity contribution in [3.63, 3.8) is 0 Å². The molecule has 0 aliphatic heterocycles. The van der Waals surface area contributed by atoms with Crippen LogP contribution in [0.2, 0.25) is 0 Å². The Balaban J connectivity index is 3.16. The van der Waals surface area contributed by atoms with E-state index in [1.807, 2.05) is 0 Å². The minimum atomic E-state index is -0.369. The van der Waals surface area contributed by atoms with Crippen LogP contribution in [-0.2, 0) is 18.9 Å². The fourth-order valence-electron chi connectivity index (χ4n) is 1.51. The summed E-state index contributed by atoms with van der Waals surface area (Å²) in [6.07, 6.45) is 7.80. The lowest BCUT2D eigenvalue weighted by molar-refractivity contribution is -0.137. The predicted octanol–water partition coefficient (Wildman–Crippen LogP) is 3.31. The van der Waals surface area contributed by atoms with E-state index in [0.29, 0.717) is 13.0 Å². The summed E-state index contributed by atoms with van der Waals surface area (Å²) in [6.45, 7) is 3.76.